The van der Waals surface area contributed by atoms with Gasteiger partial charge in [-0.25, -0.2) is 8.78 Å². The summed E-state index contributed by atoms with van der Waals surface area (Å²) < 4.78 is 28.1. The second-order valence-corrected chi connectivity index (χ2v) is 7.08. The molecule has 0 radical (unpaired) electrons. The second kappa shape index (κ2) is 7.08. The molecule has 2 heterocycles. The fraction of sp³-hybridized carbons (Fsp3) is 0.100. The Morgan fingerprint density at radius 3 is 2.63 bits per heavy atom. The van der Waals surface area contributed by atoms with E-state index in [0.717, 1.165) is 5.56 Å². The molecule has 3 aromatic rings. The van der Waals surface area contributed by atoms with Crippen molar-refractivity contribution in [3.8, 4) is 0 Å². The maximum Gasteiger partial charge on any atom is 0.258 e. The minimum absolute atomic E-state index is 0.211. The van der Waals surface area contributed by atoms with Crippen LogP contribution in [0.1, 0.15) is 27.8 Å². The summed E-state index contributed by atoms with van der Waals surface area (Å²) in [6.45, 7) is 0.241. The van der Waals surface area contributed by atoms with Crippen LogP contribution in [0.2, 0.25) is 0 Å². The van der Waals surface area contributed by atoms with Crippen LogP contribution in [0, 0.1) is 11.6 Å². The number of hydrogen-bond acceptors (Lipinski definition) is 3. The van der Waals surface area contributed by atoms with E-state index in [9.17, 15) is 13.6 Å². The molecule has 0 spiro atoms. The number of carbonyl (C=O) groups is 1. The highest BCUT2D eigenvalue weighted by molar-refractivity contribution is 9.10. The van der Waals surface area contributed by atoms with E-state index in [-0.39, 0.29) is 24.0 Å². The molecule has 1 aliphatic rings. The number of halogens is 3. The highest BCUT2D eigenvalue weighted by atomic mass is 79.9. The number of hydrogen-bond donors (Lipinski definition) is 1. The Morgan fingerprint density at radius 2 is 1.89 bits per heavy atom. The number of nitrogens with one attached hydrogen (secondary N) is 1. The number of anilines is 1. The third-order valence-corrected chi connectivity index (χ3v) is 4.88. The summed E-state index contributed by atoms with van der Waals surface area (Å²) >= 11 is 3.23. The van der Waals surface area contributed by atoms with E-state index in [1.165, 1.54) is 18.2 Å². The average Bonchev–Trinajstić information content (AvgIpc) is 2.92. The Morgan fingerprint density at radius 1 is 1.11 bits per heavy atom. The van der Waals surface area contributed by atoms with Crippen LogP contribution in [0.5, 0.6) is 0 Å². The van der Waals surface area contributed by atoms with Gasteiger partial charge in [-0.1, -0.05) is 28.1 Å². The lowest BCUT2D eigenvalue weighted by atomic mass is 10.2. The predicted molar refractivity (Wildman–Crippen MR) is 101 cm³/mol. The van der Waals surface area contributed by atoms with Gasteiger partial charge in [0, 0.05) is 17.2 Å². The first kappa shape index (κ1) is 17.6. The van der Waals surface area contributed by atoms with E-state index in [2.05, 4.69) is 26.2 Å². The fourth-order valence-corrected chi connectivity index (χ4v) is 3.42. The van der Waals surface area contributed by atoms with Crippen LogP contribution in [0.25, 0.3) is 0 Å². The van der Waals surface area contributed by atoms with Gasteiger partial charge in [0.2, 0.25) is 0 Å². The van der Waals surface area contributed by atoms with Crippen LogP contribution in [-0.4, -0.2) is 15.8 Å². The molecule has 1 aromatic heterocycles. The van der Waals surface area contributed by atoms with Crippen molar-refractivity contribution >= 4 is 27.5 Å². The Hall–Kier alpha value is -2.80. The zero-order valence-electron chi connectivity index (χ0n) is 14.0. The van der Waals surface area contributed by atoms with Gasteiger partial charge in [0.15, 0.2) is 0 Å². The molecule has 4 rings (SSSR count). The lowest BCUT2D eigenvalue weighted by molar-refractivity contribution is 0.0727. The Labute approximate surface area is 163 Å². The summed E-state index contributed by atoms with van der Waals surface area (Å²) in [5.74, 6) is -0.997. The van der Waals surface area contributed by atoms with Crippen molar-refractivity contribution in [1.82, 2.24) is 9.88 Å². The average molecular weight is 430 g/mol. The molecule has 1 amide bonds. The Bertz CT molecular complexity index is 1010. The number of amides is 1. The van der Waals surface area contributed by atoms with E-state index in [4.69, 9.17) is 0 Å². The van der Waals surface area contributed by atoms with E-state index in [1.54, 1.807) is 47.5 Å². The lowest BCUT2D eigenvalue weighted by Gasteiger charge is -2.26. The van der Waals surface area contributed by atoms with Crippen molar-refractivity contribution in [2.24, 2.45) is 0 Å². The molecule has 0 unspecified atom stereocenters. The van der Waals surface area contributed by atoms with Crippen LogP contribution in [0.4, 0.5) is 14.5 Å². The summed E-state index contributed by atoms with van der Waals surface area (Å²) in [5.41, 5.74) is 2.03. The summed E-state index contributed by atoms with van der Waals surface area (Å²) in [6, 6.07) is 14.0. The number of rotatable bonds is 4. The summed E-state index contributed by atoms with van der Waals surface area (Å²) in [7, 11) is 0. The predicted octanol–water partition coefficient (Wildman–Crippen LogP) is 4.89. The van der Waals surface area contributed by atoms with Crippen molar-refractivity contribution in [1.29, 1.82) is 0 Å². The first-order chi connectivity index (χ1) is 13.0. The van der Waals surface area contributed by atoms with Gasteiger partial charge < -0.3 is 10.2 Å². The van der Waals surface area contributed by atoms with Gasteiger partial charge >= 0.3 is 0 Å². The molecule has 1 N–H and O–H groups in total. The van der Waals surface area contributed by atoms with E-state index >= 15 is 0 Å². The number of carbonyl (C=O) groups excluding carboxylic acids is 1. The quantitative estimate of drug-likeness (QED) is 0.641. The third kappa shape index (κ3) is 3.42. The van der Waals surface area contributed by atoms with E-state index in [1.807, 2.05) is 0 Å². The van der Waals surface area contributed by atoms with E-state index in [0.29, 0.717) is 15.7 Å². The van der Waals surface area contributed by atoms with Gasteiger partial charge in [0.05, 0.1) is 16.9 Å². The molecule has 7 heteroatoms. The molecule has 0 saturated carbocycles. The third-order valence-electron chi connectivity index (χ3n) is 4.39. The van der Waals surface area contributed by atoms with Gasteiger partial charge in [-0.2, -0.15) is 0 Å². The second-order valence-electron chi connectivity index (χ2n) is 6.17. The molecule has 2 aromatic carbocycles. The summed E-state index contributed by atoms with van der Waals surface area (Å²) in [4.78, 5) is 18.8. The van der Waals surface area contributed by atoms with Crippen LogP contribution in [0.3, 0.4) is 0 Å². The molecule has 27 heavy (non-hydrogen) atoms. The molecule has 0 bridgehead atoms. The maximum absolute atomic E-state index is 14.3. The fourth-order valence-electron chi connectivity index (χ4n) is 3.09. The summed E-state index contributed by atoms with van der Waals surface area (Å²) in [6.07, 6.45) is 0.967. The van der Waals surface area contributed by atoms with Gasteiger partial charge in [0.25, 0.3) is 5.91 Å². The largest absolute Gasteiger partial charge is 0.358 e. The first-order valence-electron chi connectivity index (χ1n) is 8.25. The van der Waals surface area contributed by atoms with Gasteiger partial charge in [-0.05, 0) is 48.0 Å². The number of nitrogens with zero attached hydrogens (tertiary/aromatic N) is 2. The molecular weight excluding hydrogens is 416 g/mol. The number of fused-ring (bicyclic) bond motifs is 1. The molecule has 0 fully saturated rings. The Balaban J connectivity index is 1.70. The highest BCUT2D eigenvalue weighted by Crippen LogP contribution is 2.35. The Kier molecular flexibility index (Phi) is 4.61. The minimum Gasteiger partial charge on any atom is -0.358 e. The molecule has 1 aliphatic heterocycles. The van der Waals surface area contributed by atoms with E-state index < -0.39 is 12.0 Å². The van der Waals surface area contributed by atoms with Crippen molar-refractivity contribution in [2.75, 3.05) is 5.32 Å². The first-order valence-corrected chi connectivity index (χ1v) is 9.04. The standard InChI is InChI=1S/C20H14BrF2N3O/c21-13-5-8-17(16(23)10-13)25-19-18-15(2-1-9-24-18)20(27)26(19)11-12-3-6-14(22)7-4-12/h1-10,19,25H,11H2/t19-/m0/s1. The number of benzene rings is 2. The van der Waals surface area contributed by atoms with Crippen LogP contribution < -0.4 is 5.32 Å². The summed E-state index contributed by atoms with van der Waals surface area (Å²) in [5, 5.41) is 3.08. The molecular formula is C20H14BrF2N3O. The molecule has 1 atom stereocenters. The zero-order chi connectivity index (χ0) is 19.0. The molecule has 4 nitrogen and oxygen atoms in total. The zero-order valence-corrected chi connectivity index (χ0v) is 15.6. The van der Waals surface area contributed by atoms with Gasteiger partial charge in [0.1, 0.15) is 17.8 Å². The maximum atomic E-state index is 14.3. The van der Waals surface area contributed by atoms with Crippen LogP contribution >= 0.6 is 15.9 Å². The van der Waals surface area contributed by atoms with Crippen molar-refractivity contribution in [3.63, 3.8) is 0 Å². The normalized spacial score (nSPS) is 15.7. The molecule has 0 aliphatic carbocycles. The minimum atomic E-state index is -0.630. The molecule has 136 valence electrons. The number of pyridine rings is 1. The van der Waals surface area contributed by atoms with Gasteiger partial charge in [-0.3, -0.25) is 9.78 Å². The SMILES string of the molecule is O=C1c2cccnc2[C@@H](Nc2ccc(Br)cc2F)N1Cc1ccc(F)cc1. The van der Waals surface area contributed by atoms with Crippen LogP contribution in [-0.2, 0) is 6.54 Å². The lowest BCUT2D eigenvalue weighted by Crippen LogP contribution is -2.32. The van der Waals surface area contributed by atoms with Crippen LogP contribution in [0.15, 0.2) is 65.3 Å². The van der Waals surface area contributed by atoms with Crippen molar-refractivity contribution < 1.29 is 13.6 Å². The van der Waals surface area contributed by atoms with Crippen molar-refractivity contribution in [3.05, 3.63) is 93.7 Å². The highest BCUT2D eigenvalue weighted by Gasteiger charge is 2.38. The smallest absolute Gasteiger partial charge is 0.258 e. The van der Waals surface area contributed by atoms with Gasteiger partial charge in [-0.15, -0.1) is 0 Å². The number of aromatic nitrogens is 1. The van der Waals surface area contributed by atoms with Crippen molar-refractivity contribution in [2.45, 2.75) is 12.7 Å². The monoisotopic (exact) mass is 429 g/mol. The topological polar surface area (TPSA) is 45.2 Å². The molecule has 0 saturated heterocycles.